The minimum absolute atomic E-state index is 0.102. The van der Waals surface area contributed by atoms with Gasteiger partial charge in [-0.15, -0.1) is 0 Å². The van der Waals surface area contributed by atoms with E-state index in [1.54, 1.807) is 0 Å². The molecule has 0 rings (SSSR count). The molecule has 57 heavy (non-hydrogen) atoms. The highest BCUT2D eigenvalue weighted by Crippen LogP contribution is 2.12. The Morgan fingerprint density at radius 1 is 0.368 bits per heavy atom. The fourth-order valence-corrected chi connectivity index (χ4v) is 5.73. The van der Waals surface area contributed by atoms with Crippen LogP contribution in [0.25, 0.3) is 0 Å². The summed E-state index contributed by atoms with van der Waals surface area (Å²) in [6.45, 7) is 6.33. The molecule has 322 valence electrons. The van der Waals surface area contributed by atoms with E-state index >= 15 is 0 Å². The molecule has 0 aliphatic rings. The predicted molar refractivity (Wildman–Crippen MR) is 242 cm³/mol. The van der Waals surface area contributed by atoms with Crippen LogP contribution in [-0.2, 0) is 28.6 Å². The highest BCUT2D eigenvalue weighted by atomic mass is 16.6. The first-order chi connectivity index (χ1) is 28.0. The molecule has 0 aliphatic heterocycles. The second kappa shape index (κ2) is 45.0. The molecule has 0 amide bonds. The first-order valence-electron chi connectivity index (χ1n) is 22.8. The zero-order valence-electron chi connectivity index (χ0n) is 36.6. The van der Waals surface area contributed by atoms with Crippen LogP contribution in [0.1, 0.15) is 188 Å². The van der Waals surface area contributed by atoms with E-state index in [2.05, 4.69) is 57.2 Å². The number of esters is 3. The highest BCUT2D eigenvalue weighted by Gasteiger charge is 2.19. The molecule has 1 atom stereocenters. The summed E-state index contributed by atoms with van der Waals surface area (Å²) in [6, 6.07) is 0. The quantitative estimate of drug-likeness (QED) is 0.0203. The standard InChI is InChI=1S/C51H82O6/c1-4-7-10-13-16-19-22-23-24-25-26-27-30-32-35-38-41-44-50(53)56-47-48(57-51(54)45-42-39-36-33-29-21-18-15-12-9-6-3)46-55-49(52)43-40-37-34-31-28-20-17-14-11-8-5-2/h7,10,13-19,22-27,30,48H,4-6,8-9,11-12,20-21,28-29,31-47H2,1-3H3/b10-7-,16-13-,17-14-,18-15-,22-19-,24-23-,26-25+,30-27-. The van der Waals surface area contributed by atoms with Crippen molar-refractivity contribution >= 4 is 17.9 Å². The molecule has 1 unspecified atom stereocenters. The lowest BCUT2D eigenvalue weighted by Crippen LogP contribution is -2.30. The van der Waals surface area contributed by atoms with Crippen LogP contribution in [0.15, 0.2) is 97.2 Å². The van der Waals surface area contributed by atoms with Crippen LogP contribution in [0.2, 0.25) is 0 Å². The lowest BCUT2D eigenvalue weighted by molar-refractivity contribution is -0.167. The summed E-state index contributed by atoms with van der Waals surface area (Å²) in [6.07, 6.45) is 58.1. The average Bonchev–Trinajstić information content (AvgIpc) is 3.21. The van der Waals surface area contributed by atoms with Gasteiger partial charge in [0, 0.05) is 19.3 Å². The number of allylic oxidation sites excluding steroid dienone is 16. The lowest BCUT2D eigenvalue weighted by Gasteiger charge is -2.18. The Kier molecular flexibility index (Phi) is 42.1. The van der Waals surface area contributed by atoms with Crippen LogP contribution < -0.4 is 0 Å². The van der Waals surface area contributed by atoms with E-state index in [1.165, 1.54) is 51.4 Å². The van der Waals surface area contributed by atoms with Gasteiger partial charge in [-0.1, -0.05) is 189 Å². The van der Waals surface area contributed by atoms with Crippen molar-refractivity contribution in [1.82, 2.24) is 0 Å². The molecule has 0 heterocycles. The maximum Gasteiger partial charge on any atom is 0.306 e. The first-order valence-corrected chi connectivity index (χ1v) is 22.8. The zero-order chi connectivity index (χ0) is 41.5. The van der Waals surface area contributed by atoms with E-state index in [4.69, 9.17) is 14.2 Å². The van der Waals surface area contributed by atoms with Crippen molar-refractivity contribution in [2.75, 3.05) is 13.2 Å². The average molecular weight is 791 g/mol. The van der Waals surface area contributed by atoms with E-state index in [0.717, 1.165) is 96.3 Å². The van der Waals surface area contributed by atoms with Gasteiger partial charge in [0.2, 0.25) is 0 Å². The Hall–Kier alpha value is -3.67. The second-order valence-corrected chi connectivity index (χ2v) is 14.7. The molecule has 0 aromatic heterocycles. The summed E-state index contributed by atoms with van der Waals surface area (Å²) in [4.78, 5) is 37.7. The highest BCUT2D eigenvalue weighted by molar-refractivity contribution is 5.71. The predicted octanol–water partition coefficient (Wildman–Crippen LogP) is 14.6. The summed E-state index contributed by atoms with van der Waals surface area (Å²) in [5, 5.41) is 0. The summed E-state index contributed by atoms with van der Waals surface area (Å²) in [5.74, 6) is -0.976. The smallest absolute Gasteiger partial charge is 0.306 e. The van der Waals surface area contributed by atoms with E-state index in [0.29, 0.717) is 19.3 Å². The summed E-state index contributed by atoms with van der Waals surface area (Å²) in [7, 11) is 0. The Labute approximate surface area is 349 Å². The molecule has 0 aromatic rings. The Bertz CT molecular complexity index is 1180. The molecule has 0 saturated heterocycles. The van der Waals surface area contributed by atoms with Gasteiger partial charge in [-0.3, -0.25) is 14.4 Å². The van der Waals surface area contributed by atoms with Gasteiger partial charge in [0.15, 0.2) is 6.10 Å². The van der Waals surface area contributed by atoms with Crippen LogP contribution in [0.4, 0.5) is 0 Å². The second-order valence-electron chi connectivity index (χ2n) is 14.7. The van der Waals surface area contributed by atoms with Crippen molar-refractivity contribution in [2.45, 2.75) is 194 Å². The van der Waals surface area contributed by atoms with Crippen molar-refractivity contribution < 1.29 is 28.6 Å². The minimum atomic E-state index is -0.802. The van der Waals surface area contributed by atoms with Crippen LogP contribution >= 0.6 is 0 Å². The van der Waals surface area contributed by atoms with Crippen molar-refractivity contribution in [3.8, 4) is 0 Å². The van der Waals surface area contributed by atoms with Gasteiger partial charge in [0.25, 0.3) is 0 Å². The van der Waals surface area contributed by atoms with E-state index < -0.39 is 6.10 Å². The molecule has 0 fully saturated rings. The van der Waals surface area contributed by atoms with Crippen LogP contribution in [0, 0.1) is 0 Å². The van der Waals surface area contributed by atoms with E-state index in [-0.39, 0.29) is 31.1 Å². The van der Waals surface area contributed by atoms with Crippen LogP contribution in [0.5, 0.6) is 0 Å². The van der Waals surface area contributed by atoms with Crippen molar-refractivity contribution in [3.63, 3.8) is 0 Å². The molecular weight excluding hydrogens is 709 g/mol. The number of carbonyl (C=O) groups is 3. The largest absolute Gasteiger partial charge is 0.462 e. The first kappa shape index (κ1) is 53.3. The van der Waals surface area contributed by atoms with E-state index in [1.807, 2.05) is 60.8 Å². The normalized spacial score (nSPS) is 13.0. The molecule has 0 saturated carbocycles. The van der Waals surface area contributed by atoms with Gasteiger partial charge in [-0.2, -0.15) is 0 Å². The van der Waals surface area contributed by atoms with Crippen molar-refractivity contribution in [3.05, 3.63) is 97.2 Å². The number of hydrogen-bond donors (Lipinski definition) is 0. The number of ether oxygens (including phenoxy) is 3. The number of carbonyl (C=O) groups excluding carboxylic acids is 3. The van der Waals surface area contributed by atoms with Gasteiger partial charge in [0.05, 0.1) is 0 Å². The van der Waals surface area contributed by atoms with Crippen molar-refractivity contribution in [2.24, 2.45) is 0 Å². The van der Waals surface area contributed by atoms with Crippen LogP contribution in [0.3, 0.4) is 0 Å². The van der Waals surface area contributed by atoms with Gasteiger partial charge >= 0.3 is 17.9 Å². The summed E-state index contributed by atoms with van der Waals surface area (Å²) >= 11 is 0. The maximum absolute atomic E-state index is 12.7. The topological polar surface area (TPSA) is 78.9 Å². The molecule has 0 aromatic carbocycles. The minimum Gasteiger partial charge on any atom is -0.462 e. The fraction of sp³-hybridized carbons (Fsp3) is 0.627. The summed E-state index contributed by atoms with van der Waals surface area (Å²) < 4.78 is 16.6. The van der Waals surface area contributed by atoms with E-state index in [9.17, 15) is 14.4 Å². The van der Waals surface area contributed by atoms with Gasteiger partial charge in [-0.25, -0.2) is 0 Å². The molecule has 0 radical (unpaired) electrons. The third-order valence-corrected chi connectivity index (χ3v) is 9.20. The summed E-state index contributed by atoms with van der Waals surface area (Å²) in [5.41, 5.74) is 0. The Morgan fingerprint density at radius 3 is 1.14 bits per heavy atom. The molecule has 6 nitrogen and oxygen atoms in total. The molecule has 0 N–H and O–H groups in total. The molecule has 0 bridgehead atoms. The van der Waals surface area contributed by atoms with Gasteiger partial charge in [-0.05, 0) is 77.0 Å². The number of unbranched alkanes of at least 4 members (excludes halogenated alkanes) is 17. The third kappa shape index (κ3) is 43.3. The number of rotatable bonds is 39. The van der Waals surface area contributed by atoms with Gasteiger partial charge < -0.3 is 14.2 Å². The Balaban J connectivity index is 4.50. The number of hydrogen-bond acceptors (Lipinski definition) is 6. The van der Waals surface area contributed by atoms with Crippen molar-refractivity contribution in [1.29, 1.82) is 0 Å². The molecular formula is C51H82O6. The monoisotopic (exact) mass is 791 g/mol. The fourth-order valence-electron chi connectivity index (χ4n) is 5.73. The Morgan fingerprint density at radius 2 is 0.702 bits per heavy atom. The van der Waals surface area contributed by atoms with Gasteiger partial charge in [0.1, 0.15) is 13.2 Å². The third-order valence-electron chi connectivity index (χ3n) is 9.20. The van der Waals surface area contributed by atoms with Crippen LogP contribution in [-0.4, -0.2) is 37.2 Å². The lowest BCUT2D eigenvalue weighted by atomic mass is 10.1. The molecule has 0 spiro atoms. The molecule has 0 aliphatic carbocycles. The molecule has 6 heteroatoms. The SMILES string of the molecule is CC\C=C/C=C\C=C/C=C\C=C\C=C/CCCCCC(=O)OCC(COC(=O)CCCCCCC/C=C\CCCC)OC(=O)CCCCCCC/C=C\CCCC. The zero-order valence-corrected chi connectivity index (χ0v) is 36.6. The maximum atomic E-state index is 12.7.